The number of alkyl halides is 6. The minimum absolute atomic E-state index is 0.0104. The minimum atomic E-state index is -5.19. The molecule has 35 heavy (non-hydrogen) atoms. The summed E-state index contributed by atoms with van der Waals surface area (Å²) in [4.78, 5) is 0. The van der Waals surface area contributed by atoms with E-state index in [1.54, 1.807) is 0 Å². The first-order valence-electron chi connectivity index (χ1n) is 13.0. The molecule has 1 aliphatic heterocycles. The van der Waals surface area contributed by atoms with E-state index in [9.17, 15) is 26.3 Å². The number of halogens is 6. The smallest absolute Gasteiger partial charge is 0.420 e. The fourth-order valence-electron chi connectivity index (χ4n) is 6.45. The second kappa shape index (κ2) is 10.5. The molecule has 1 atom stereocenters. The van der Waals surface area contributed by atoms with Crippen LogP contribution in [0.25, 0.3) is 0 Å². The maximum Gasteiger partial charge on any atom is 0.420 e. The molecule has 0 bridgehead atoms. The van der Waals surface area contributed by atoms with Crippen molar-refractivity contribution in [1.82, 2.24) is 0 Å². The molecule has 0 radical (unpaired) electrons. The molecule has 198 valence electrons. The van der Waals surface area contributed by atoms with Crippen LogP contribution >= 0.6 is 0 Å². The Morgan fingerprint density at radius 2 is 1.34 bits per heavy atom. The number of benzene rings is 1. The van der Waals surface area contributed by atoms with E-state index in [0.717, 1.165) is 43.6 Å². The van der Waals surface area contributed by atoms with Gasteiger partial charge in [-0.2, -0.15) is 26.3 Å². The van der Waals surface area contributed by atoms with Crippen LogP contribution < -0.4 is 4.74 Å². The van der Waals surface area contributed by atoms with Crippen molar-refractivity contribution < 1.29 is 35.8 Å². The molecule has 1 aromatic rings. The van der Waals surface area contributed by atoms with Crippen LogP contribution in [0, 0.1) is 30.6 Å². The third-order valence-corrected chi connectivity index (χ3v) is 8.35. The zero-order valence-electron chi connectivity index (χ0n) is 20.5. The van der Waals surface area contributed by atoms with Crippen molar-refractivity contribution in [3.8, 4) is 5.75 Å². The molecule has 1 saturated heterocycles. The summed E-state index contributed by atoms with van der Waals surface area (Å²) in [5.41, 5.74) is -3.78. The van der Waals surface area contributed by atoms with E-state index in [0.29, 0.717) is 5.92 Å². The molecule has 8 heteroatoms. The van der Waals surface area contributed by atoms with Crippen molar-refractivity contribution in [2.75, 3.05) is 13.2 Å². The normalized spacial score (nSPS) is 29.8. The van der Waals surface area contributed by atoms with Crippen molar-refractivity contribution >= 4 is 0 Å². The Bertz CT molecular complexity index is 858. The van der Waals surface area contributed by atoms with E-state index in [-0.39, 0.29) is 24.7 Å². The molecule has 4 rings (SSSR count). The zero-order chi connectivity index (χ0) is 25.4. The number of epoxide rings is 1. The lowest BCUT2D eigenvalue weighted by molar-refractivity contribution is -0.163. The van der Waals surface area contributed by atoms with Crippen LogP contribution in [0.15, 0.2) is 6.07 Å². The number of hydrogen-bond acceptors (Lipinski definition) is 2. The van der Waals surface area contributed by atoms with Crippen LogP contribution in [0.1, 0.15) is 99.5 Å². The summed E-state index contributed by atoms with van der Waals surface area (Å²) < 4.78 is 93.8. The summed E-state index contributed by atoms with van der Waals surface area (Å²) in [6, 6.07) is 1.15. The van der Waals surface area contributed by atoms with E-state index in [2.05, 4.69) is 6.92 Å². The first kappa shape index (κ1) is 26.6. The van der Waals surface area contributed by atoms with Crippen LogP contribution in [-0.2, 0) is 17.1 Å². The molecule has 2 nitrogen and oxygen atoms in total. The predicted molar refractivity (Wildman–Crippen MR) is 121 cm³/mol. The molecular formula is C27H36F6O2. The topological polar surface area (TPSA) is 21.8 Å². The van der Waals surface area contributed by atoms with Gasteiger partial charge in [-0.15, -0.1) is 0 Å². The van der Waals surface area contributed by atoms with Gasteiger partial charge < -0.3 is 9.47 Å². The van der Waals surface area contributed by atoms with E-state index in [1.807, 2.05) is 0 Å². The maximum atomic E-state index is 14.0. The van der Waals surface area contributed by atoms with E-state index in [4.69, 9.17) is 9.47 Å². The Kier molecular flexibility index (Phi) is 7.99. The second-order valence-electron chi connectivity index (χ2n) is 10.8. The van der Waals surface area contributed by atoms with Gasteiger partial charge in [-0.3, -0.25) is 0 Å². The van der Waals surface area contributed by atoms with E-state index < -0.39 is 40.9 Å². The zero-order valence-corrected chi connectivity index (χ0v) is 20.5. The molecular weight excluding hydrogens is 470 g/mol. The minimum Gasteiger partial charge on any atom is -0.492 e. The second-order valence-corrected chi connectivity index (χ2v) is 10.8. The molecule has 1 unspecified atom stereocenters. The predicted octanol–water partition coefficient (Wildman–Crippen LogP) is 8.90. The number of ether oxygens (including phenoxy) is 2. The first-order chi connectivity index (χ1) is 16.5. The monoisotopic (exact) mass is 506 g/mol. The van der Waals surface area contributed by atoms with Gasteiger partial charge in [-0.25, -0.2) is 0 Å². The highest BCUT2D eigenvalue weighted by Gasteiger charge is 2.50. The van der Waals surface area contributed by atoms with Gasteiger partial charge in [0.2, 0.25) is 0 Å². The van der Waals surface area contributed by atoms with Gasteiger partial charge >= 0.3 is 12.4 Å². The summed E-state index contributed by atoms with van der Waals surface area (Å²) in [5.74, 6) is 1.60. The molecule has 0 N–H and O–H groups in total. The Hall–Kier alpha value is -1.44. The molecule has 3 fully saturated rings. The summed E-state index contributed by atoms with van der Waals surface area (Å²) in [7, 11) is 0. The number of hydrogen-bond donors (Lipinski definition) is 0. The third kappa shape index (κ3) is 6.28. The summed E-state index contributed by atoms with van der Waals surface area (Å²) in [5, 5.41) is 0. The van der Waals surface area contributed by atoms with E-state index >= 15 is 0 Å². The Balaban J connectivity index is 1.42. The van der Waals surface area contributed by atoms with Crippen molar-refractivity contribution in [3.05, 3.63) is 28.3 Å². The molecule has 0 spiro atoms. The highest BCUT2D eigenvalue weighted by Crippen LogP contribution is 2.51. The Morgan fingerprint density at radius 3 is 1.80 bits per heavy atom. The highest BCUT2D eigenvalue weighted by atomic mass is 19.4. The first-order valence-corrected chi connectivity index (χ1v) is 13.0. The van der Waals surface area contributed by atoms with Crippen LogP contribution in [0.4, 0.5) is 26.3 Å². The van der Waals surface area contributed by atoms with Gasteiger partial charge in [0.1, 0.15) is 17.4 Å². The fourth-order valence-corrected chi connectivity index (χ4v) is 6.45. The average Bonchev–Trinajstić information content (AvgIpc) is 3.63. The largest absolute Gasteiger partial charge is 0.492 e. The van der Waals surface area contributed by atoms with Gasteiger partial charge in [0.15, 0.2) is 0 Å². The third-order valence-electron chi connectivity index (χ3n) is 8.35. The highest BCUT2D eigenvalue weighted by molar-refractivity contribution is 5.54. The van der Waals surface area contributed by atoms with Gasteiger partial charge in [-0.05, 0) is 86.3 Å². The number of aryl methyl sites for hydroxylation is 1. The molecule has 2 saturated carbocycles. The van der Waals surface area contributed by atoms with Gasteiger partial charge in [0, 0.05) is 0 Å². The summed E-state index contributed by atoms with van der Waals surface area (Å²) in [6.07, 6.45) is 0.100. The van der Waals surface area contributed by atoms with Gasteiger partial charge in [0.25, 0.3) is 0 Å². The van der Waals surface area contributed by atoms with Crippen LogP contribution in [0.3, 0.4) is 0 Å². The lowest BCUT2D eigenvalue weighted by Gasteiger charge is -2.38. The molecule has 0 aromatic heterocycles. The van der Waals surface area contributed by atoms with Crippen LogP contribution in [0.2, 0.25) is 0 Å². The standard InChI is InChI=1S/C27H36F6O2/c1-3-4-17-5-9-19(10-6-17)20-11-7-18(8-12-20)14-35-25-16(2)13-21(22-15-34-22)23(26(28,29)30)24(25)27(31,32)33/h13,17-20,22H,3-12,14-15H2,1-2H3. The maximum absolute atomic E-state index is 14.0. The molecule has 2 aliphatic carbocycles. The summed E-state index contributed by atoms with van der Waals surface area (Å²) in [6.45, 7) is 3.61. The Labute approximate surface area is 203 Å². The summed E-state index contributed by atoms with van der Waals surface area (Å²) >= 11 is 0. The lowest BCUT2D eigenvalue weighted by atomic mass is 9.69. The molecule has 1 aromatic carbocycles. The van der Waals surface area contributed by atoms with Crippen molar-refractivity contribution in [3.63, 3.8) is 0 Å². The van der Waals surface area contributed by atoms with Crippen LogP contribution in [0.5, 0.6) is 5.75 Å². The average molecular weight is 507 g/mol. The molecule has 3 aliphatic rings. The lowest BCUT2D eigenvalue weighted by Crippen LogP contribution is -2.28. The van der Waals surface area contributed by atoms with Crippen molar-refractivity contribution in [2.45, 2.75) is 96.5 Å². The molecule has 0 amide bonds. The SMILES string of the molecule is CCCC1CCC(C2CCC(COc3c(C)cc(C4CO4)c(C(F)(F)F)c3C(F)(F)F)CC2)CC1. The quantitative estimate of drug-likeness (QED) is 0.272. The van der Waals surface area contributed by atoms with Gasteiger partial charge in [0.05, 0.1) is 18.8 Å². The van der Waals surface area contributed by atoms with Crippen LogP contribution in [-0.4, -0.2) is 13.2 Å². The van der Waals surface area contributed by atoms with E-state index in [1.165, 1.54) is 45.4 Å². The fraction of sp³-hybridized carbons (Fsp3) is 0.778. The van der Waals surface area contributed by atoms with Crippen molar-refractivity contribution in [1.29, 1.82) is 0 Å². The Morgan fingerprint density at radius 1 is 0.829 bits per heavy atom. The van der Waals surface area contributed by atoms with Gasteiger partial charge in [-0.1, -0.05) is 32.6 Å². The number of rotatable bonds is 7. The van der Waals surface area contributed by atoms with Crippen molar-refractivity contribution in [2.24, 2.45) is 23.7 Å². The molecule has 1 heterocycles.